The van der Waals surface area contributed by atoms with E-state index in [0.717, 1.165) is 19.3 Å². The van der Waals surface area contributed by atoms with Gasteiger partial charge in [-0.05, 0) is 24.6 Å². The Morgan fingerprint density at radius 2 is 1.74 bits per heavy atom. The van der Waals surface area contributed by atoms with Gasteiger partial charge < -0.3 is 4.74 Å². The smallest absolute Gasteiger partial charge is 0.359 e. The second-order valence-electron chi connectivity index (χ2n) is 8.02. The van der Waals surface area contributed by atoms with Crippen LogP contribution >= 0.6 is 11.3 Å². The number of unbranched alkanes of at least 4 members (excludes halogenated alkanes) is 2. The fourth-order valence-electron chi connectivity index (χ4n) is 3.73. The monoisotopic (exact) mass is 490 g/mol. The van der Waals surface area contributed by atoms with E-state index in [4.69, 9.17) is 4.74 Å². The quantitative estimate of drug-likeness (QED) is 0.240. The van der Waals surface area contributed by atoms with E-state index in [2.05, 4.69) is 17.0 Å². The van der Waals surface area contributed by atoms with Gasteiger partial charge in [-0.1, -0.05) is 56.2 Å². The summed E-state index contributed by atoms with van der Waals surface area (Å²) >= 11 is 1.29. The van der Waals surface area contributed by atoms with Crippen LogP contribution in [0.4, 0.5) is 10.8 Å². The summed E-state index contributed by atoms with van der Waals surface area (Å²) in [5.41, 5.74) is 1.10. The number of hydrogen-bond donors (Lipinski definition) is 0. The fourth-order valence-corrected chi connectivity index (χ4v) is 4.60. The normalized spacial score (nSPS) is 10.9. The van der Waals surface area contributed by atoms with Crippen LogP contribution < -0.4 is 10.5 Å². The van der Waals surface area contributed by atoms with E-state index in [0.29, 0.717) is 33.8 Å². The third-order valence-electron chi connectivity index (χ3n) is 5.45. The molecule has 0 spiro atoms. The van der Waals surface area contributed by atoms with Crippen molar-refractivity contribution in [1.29, 1.82) is 0 Å². The number of hydrogen-bond acceptors (Lipinski definition) is 7. The third-order valence-corrected chi connectivity index (χ3v) is 6.32. The van der Waals surface area contributed by atoms with Gasteiger partial charge in [0.1, 0.15) is 6.61 Å². The van der Waals surface area contributed by atoms with Crippen LogP contribution in [0.25, 0.3) is 10.8 Å². The van der Waals surface area contributed by atoms with Gasteiger partial charge in [0.25, 0.3) is 5.56 Å². The zero-order valence-electron chi connectivity index (χ0n) is 19.6. The zero-order chi connectivity index (χ0) is 24.8. The molecule has 9 heteroatoms. The lowest BCUT2D eigenvalue weighted by atomic mass is 10.1. The number of carbonyl (C=O) groups excluding carboxylic acids is 2. The molecular weight excluding hydrogens is 464 g/mol. The Hall–Kier alpha value is -3.85. The second kappa shape index (κ2) is 11.1. The van der Waals surface area contributed by atoms with Gasteiger partial charge in [-0.3, -0.25) is 14.5 Å². The number of ether oxygens (including phenoxy) is 1. The molecule has 0 unspecified atom stereocenters. The molecule has 1 amide bonds. The van der Waals surface area contributed by atoms with Crippen LogP contribution in [0, 0.1) is 0 Å². The topological polar surface area (TPSA) is 94.4 Å². The number of benzene rings is 2. The molecule has 0 aliphatic heterocycles. The van der Waals surface area contributed by atoms with Crippen molar-refractivity contribution in [3.63, 3.8) is 0 Å². The predicted molar refractivity (Wildman–Crippen MR) is 136 cm³/mol. The van der Waals surface area contributed by atoms with Gasteiger partial charge in [-0.25, -0.2) is 14.5 Å². The number of aromatic nitrogens is 3. The number of rotatable bonds is 9. The van der Waals surface area contributed by atoms with Crippen molar-refractivity contribution in [1.82, 2.24) is 14.8 Å². The van der Waals surface area contributed by atoms with Gasteiger partial charge in [-0.2, -0.15) is 5.10 Å². The summed E-state index contributed by atoms with van der Waals surface area (Å²) in [6.45, 7) is 3.91. The van der Waals surface area contributed by atoms with Crippen LogP contribution in [0.5, 0.6) is 0 Å². The van der Waals surface area contributed by atoms with E-state index in [9.17, 15) is 14.4 Å². The van der Waals surface area contributed by atoms with Crippen molar-refractivity contribution in [2.45, 2.75) is 46.3 Å². The number of fused-ring (bicyclic) bond motifs is 1. The summed E-state index contributed by atoms with van der Waals surface area (Å²) in [6, 6.07) is 16.1. The van der Waals surface area contributed by atoms with E-state index in [1.807, 2.05) is 30.3 Å². The number of aryl methyl sites for hydroxylation is 1. The standard InChI is InChI=1S/C26H26N4O4S/c1-3-4-10-15-29-24(32)22-14-9-8-13-21(22)23(28-29)25(33)34-16-19-17-35-26(27-19)30(18(2)31)20-11-6-5-7-12-20/h5-9,11-14,17H,3-4,10,15-16H2,1-2H3. The first-order valence-corrected chi connectivity index (χ1v) is 12.3. The molecule has 0 aliphatic carbocycles. The molecule has 0 N–H and O–H groups in total. The Labute approximate surface area is 206 Å². The number of carbonyl (C=O) groups is 2. The molecule has 4 aromatic rings. The van der Waals surface area contributed by atoms with E-state index in [1.54, 1.807) is 29.6 Å². The number of para-hydroxylation sites is 1. The lowest BCUT2D eigenvalue weighted by molar-refractivity contribution is -0.115. The highest BCUT2D eigenvalue weighted by molar-refractivity contribution is 7.14. The molecule has 2 aromatic carbocycles. The molecule has 0 saturated carbocycles. The van der Waals surface area contributed by atoms with Gasteiger partial charge in [0.2, 0.25) is 5.91 Å². The Balaban J connectivity index is 1.55. The molecule has 35 heavy (non-hydrogen) atoms. The minimum atomic E-state index is -0.633. The number of thiazole rings is 1. The maximum absolute atomic E-state index is 13.0. The first-order valence-electron chi connectivity index (χ1n) is 11.5. The molecule has 8 nitrogen and oxygen atoms in total. The first-order chi connectivity index (χ1) is 17.0. The summed E-state index contributed by atoms with van der Waals surface area (Å²) in [4.78, 5) is 44.1. The van der Waals surface area contributed by atoms with Crippen LogP contribution in [0.3, 0.4) is 0 Å². The van der Waals surface area contributed by atoms with Crippen LogP contribution in [0.15, 0.2) is 64.8 Å². The summed E-state index contributed by atoms with van der Waals surface area (Å²) in [5, 5.41) is 7.47. The molecule has 0 atom stereocenters. The van der Waals surface area contributed by atoms with Crippen LogP contribution in [0.1, 0.15) is 49.3 Å². The van der Waals surface area contributed by atoms with Crippen molar-refractivity contribution < 1.29 is 14.3 Å². The molecule has 2 aromatic heterocycles. The zero-order valence-corrected chi connectivity index (χ0v) is 20.5. The third kappa shape index (κ3) is 5.46. The lowest BCUT2D eigenvalue weighted by Crippen LogP contribution is -2.26. The van der Waals surface area contributed by atoms with Gasteiger partial charge in [0.05, 0.1) is 16.8 Å². The Kier molecular flexibility index (Phi) is 7.67. The second-order valence-corrected chi connectivity index (χ2v) is 8.85. The highest BCUT2D eigenvalue weighted by Crippen LogP contribution is 2.29. The molecule has 0 saturated heterocycles. The van der Waals surface area contributed by atoms with Crippen molar-refractivity contribution in [3.05, 3.63) is 81.7 Å². The van der Waals surface area contributed by atoms with Gasteiger partial charge in [0.15, 0.2) is 10.8 Å². The number of esters is 1. The van der Waals surface area contributed by atoms with E-state index in [1.165, 1.54) is 27.8 Å². The summed E-state index contributed by atoms with van der Waals surface area (Å²) in [7, 11) is 0. The average molecular weight is 491 g/mol. The Bertz CT molecular complexity index is 1400. The van der Waals surface area contributed by atoms with Crippen molar-refractivity contribution in [3.8, 4) is 0 Å². The largest absolute Gasteiger partial charge is 0.454 e. The molecular formula is C26H26N4O4S. The van der Waals surface area contributed by atoms with Gasteiger partial charge in [-0.15, -0.1) is 11.3 Å². The molecule has 0 radical (unpaired) electrons. The van der Waals surface area contributed by atoms with E-state index >= 15 is 0 Å². The maximum Gasteiger partial charge on any atom is 0.359 e. The Morgan fingerprint density at radius 3 is 2.46 bits per heavy atom. The van der Waals surface area contributed by atoms with Crippen LogP contribution in [0.2, 0.25) is 0 Å². The van der Waals surface area contributed by atoms with Crippen molar-refractivity contribution in [2.75, 3.05) is 4.90 Å². The maximum atomic E-state index is 13.0. The highest BCUT2D eigenvalue weighted by atomic mass is 32.1. The molecule has 0 fully saturated rings. The molecule has 2 heterocycles. The van der Waals surface area contributed by atoms with Crippen molar-refractivity contribution >= 4 is 44.8 Å². The predicted octanol–water partition coefficient (Wildman–Crippen LogP) is 5.08. The van der Waals surface area contributed by atoms with E-state index < -0.39 is 5.97 Å². The van der Waals surface area contributed by atoms with Crippen molar-refractivity contribution in [2.24, 2.45) is 0 Å². The minimum Gasteiger partial charge on any atom is -0.454 e. The molecule has 0 aliphatic rings. The number of amides is 1. The molecule has 180 valence electrons. The lowest BCUT2D eigenvalue weighted by Gasteiger charge is -2.17. The molecule has 0 bridgehead atoms. The number of anilines is 2. The van der Waals surface area contributed by atoms with Gasteiger partial charge >= 0.3 is 5.97 Å². The molecule has 4 rings (SSSR count). The van der Waals surface area contributed by atoms with Gasteiger partial charge in [0, 0.05) is 24.2 Å². The number of nitrogens with zero attached hydrogens (tertiary/aromatic N) is 4. The highest BCUT2D eigenvalue weighted by Gasteiger charge is 2.20. The van der Waals surface area contributed by atoms with E-state index in [-0.39, 0.29) is 23.8 Å². The Morgan fingerprint density at radius 1 is 1.03 bits per heavy atom. The van der Waals surface area contributed by atoms with Crippen LogP contribution in [-0.2, 0) is 22.7 Å². The average Bonchev–Trinajstić information content (AvgIpc) is 3.33. The fraction of sp³-hybridized carbons (Fsp3) is 0.269. The first kappa shape index (κ1) is 24.3. The van der Waals surface area contributed by atoms with Crippen LogP contribution in [-0.4, -0.2) is 26.6 Å². The SMILES string of the molecule is CCCCCn1nc(C(=O)OCc2csc(N(C(C)=O)c3ccccc3)n2)c2ccccc2c1=O. The minimum absolute atomic E-state index is 0.0825. The summed E-state index contributed by atoms with van der Waals surface area (Å²) in [6.07, 6.45) is 2.78. The summed E-state index contributed by atoms with van der Waals surface area (Å²) < 4.78 is 6.87. The summed E-state index contributed by atoms with van der Waals surface area (Å²) in [5.74, 6) is -0.804.